The molecule has 1 N–H and O–H groups in total. The predicted molar refractivity (Wildman–Crippen MR) is 98.0 cm³/mol. The number of amides is 1. The molecule has 4 heterocycles. The smallest absolute Gasteiger partial charge is 0.225 e. The molecule has 0 unspecified atom stereocenters. The topological polar surface area (TPSA) is 102 Å². The zero-order valence-corrected chi connectivity index (χ0v) is 14.8. The minimum absolute atomic E-state index is 0.0640. The minimum atomic E-state index is -0.0693. The largest absolute Gasteiger partial charge is 0.356 e. The lowest BCUT2D eigenvalue weighted by molar-refractivity contribution is -0.125. The van der Waals surface area contributed by atoms with Gasteiger partial charge < -0.3 is 10.2 Å². The molecule has 0 aromatic carbocycles. The van der Waals surface area contributed by atoms with Gasteiger partial charge in [0.1, 0.15) is 24.8 Å². The molecule has 4 rings (SSSR count). The summed E-state index contributed by atoms with van der Waals surface area (Å²) in [6.45, 7) is 1.99. The van der Waals surface area contributed by atoms with Crippen LogP contribution in [0.25, 0.3) is 5.82 Å². The number of hydrogen-bond donors (Lipinski definition) is 1. The molecule has 0 bridgehead atoms. The molecule has 3 aromatic rings. The monoisotopic (exact) mass is 364 g/mol. The van der Waals surface area contributed by atoms with Gasteiger partial charge in [0.05, 0.1) is 5.92 Å². The number of carbonyl (C=O) groups excluding carboxylic acids is 1. The molecule has 1 aliphatic heterocycles. The van der Waals surface area contributed by atoms with Crippen molar-refractivity contribution in [3.63, 3.8) is 0 Å². The summed E-state index contributed by atoms with van der Waals surface area (Å²) < 4.78 is 1.59. The summed E-state index contributed by atoms with van der Waals surface area (Å²) in [6, 6.07) is 5.68. The Hall–Kier alpha value is -3.36. The average molecular weight is 364 g/mol. The number of hydrogen-bond acceptors (Lipinski definition) is 7. The molecule has 0 radical (unpaired) electrons. The van der Waals surface area contributed by atoms with E-state index in [4.69, 9.17) is 0 Å². The van der Waals surface area contributed by atoms with Gasteiger partial charge in [-0.2, -0.15) is 5.10 Å². The Labute approximate surface area is 156 Å². The van der Waals surface area contributed by atoms with E-state index in [0.29, 0.717) is 18.9 Å². The Morgan fingerprint density at radius 2 is 2.15 bits per heavy atom. The highest BCUT2D eigenvalue weighted by molar-refractivity contribution is 5.79. The fourth-order valence-corrected chi connectivity index (χ4v) is 3.20. The second-order valence-electron chi connectivity index (χ2n) is 6.44. The summed E-state index contributed by atoms with van der Waals surface area (Å²) in [5.74, 6) is 1.44. The Morgan fingerprint density at radius 3 is 2.96 bits per heavy atom. The van der Waals surface area contributed by atoms with Crippen molar-refractivity contribution in [1.82, 2.24) is 35.0 Å². The van der Waals surface area contributed by atoms with Crippen molar-refractivity contribution in [2.24, 2.45) is 5.92 Å². The lowest BCUT2D eigenvalue weighted by atomic mass is 9.97. The van der Waals surface area contributed by atoms with Gasteiger partial charge in [-0.3, -0.25) is 9.78 Å². The Kier molecular flexibility index (Phi) is 4.99. The molecule has 0 saturated carbocycles. The summed E-state index contributed by atoms with van der Waals surface area (Å²) >= 11 is 0. The number of rotatable bonds is 5. The molecule has 27 heavy (non-hydrogen) atoms. The van der Waals surface area contributed by atoms with Crippen LogP contribution in [0.3, 0.4) is 0 Å². The van der Waals surface area contributed by atoms with Crippen LogP contribution in [0.4, 0.5) is 5.82 Å². The fourth-order valence-electron chi connectivity index (χ4n) is 3.20. The zero-order valence-electron chi connectivity index (χ0n) is 14.8. The number of pyridine rings is 1. The van der Waals surface area contributed by atoms with Gasteiger partial charge in [-0.1, -0.05) is 6.07 Å². The molecule has 138 valence electrons. The summed E-state index contributed by atoms with van der Waals surface area (Å²) in [5, 5.41) is 7.11. The third-order valence-electron chi connectivity index (χ3n) is 4.60. The molecule has 1 fully saturated rings. The normalized spacial score (nSPS) is 16.9. The molecule has 3 aromatic heterocycles. The number of aromatic nitrogens is 6. The van der Waals surface area contributed by atoms with E-state index < -0.39 is 0 Å². The fraction of sp³-hybridized carbons (Fsp3) is 0.333. The van der Waals surface area contributed by atoms with Gasteiger partial charge in [0, 0.05) is 38.1 Å². The SMILES string of the molecule is O=C(NCc1cccnc1)[C@@H]1CCCN(c2cc(-n3cncn3)ncn2)C1. The highest BCUT2D eigenvalue weighted by Crippen LogP contribution is 2.22. The van der Waals surface area contributed by atoms with Gasteiger partial charge in [0.25, 0.3) is 0 Å². The first-order valence-corrected chi connectivity index (χ1v) is 8.88. The molecular weight excluding hydrogens is 344 g/mol. The van der Waals surface area contributed by atoms with E-state index in [1.807, 2.05) is 18.2 Å². The van der Waals surface area contributed by atoms with E-state index in [2.05, 4.69) is 35.3 Å². The van der Waals surface area contributed by atoms with Crippen LogP contribution in [0.5, 0.6) is 0 Å². The van der Waals surface area contributed by atoms with Crippen molar-refractivity contribution in [1.29, 1.82) is 0 Å². The number of carbonyl (C=O) groups is 1. The van der Waals surface area contributed by atoms with Crippen LogP contribution < -0.4 is 10.2 Å². The van der Waals surface area contributed by atoms with Crippen molar-refractivity contribution in [3.05, 3.63) is 55.1 Å². The molecule has 1 atom stereocenters. The van der Waals surface area contributed by atoms with Gasteiger partial charge >= 0.3 is 0 Å². The van der Waals surface area contributed by atoms with Crippen LogP contribution in [0.15, 0.2) is 49.6 Å². The van der Waals surface area contributed by atoms with Gasteiger partial charge in [-0.25, -0.2) is 19.6 Å². The Bertz CT molecular complexity index is 883. The highest BCUT2D eigenvalue weighted by Gasteiger charge is 2.26. The second-order valence-corrected chi connectivity index (χ2v) is 6.44. The first-order chi connectivity index (χ1) is 13.3. The molecule has 1 amide bonds. The van der Waals surface area contributed by atoms with E-state index in [9.17, 15) is 4.79 Å². The maximum absolute atomic E-state index is 12.6. The maximum atomic E-state index is 12.6. The lowest BCUT2D eigenvalue weighted by Crippen LogP contribution is -2.43. The number of nitrogens with one attached hydrogen (secondary N) is 1. The molecule has 0 aliphatic carbocycles. The zero-order chi connectivity index (χ0) is 18.5. The standard InChI is InChI=1S/C18H20N8O/c27-18(21-9-14-3-1-5-19-8-14)15-4-2-6-25(10-15)16-7-17(23-12-22-16)26-13-20-11-24-26/h1,3,5,7-8,11-13,15H,2,4,6,9-10H2,(H,21,27)/t15-/m1/s1. The molecular formula is C18H20N8O. The van der Waals surface area contributed by atoms with E-state index in [1.165, 1.54) is 12.7 Å². The molecule has 1 aliphatic rings. The molecule has 9 heteroatoms. The summed E-state index contributed by atoms with van der Waals surface area (Å²) in [7, 11) is 0. The highest BCUT2D eigenvalue weighted by atomic mass is 16.1. The third kappa shape index (κ3) is 4.08. The van der Waals surface area contributed by atoms with Gasteiger partial charge in [-0.15, -0.1) is 0 Å². The van der Waals surface area contributed by atoms with E-state index in [1.54, 1.807) is 23.4 Å². The van der Waals surface area contributed by atoms with Crippen LogP contribution in [-0.2, 0) is 11.3 Å². The van der Waals surface area contributed by atoms with Crippen LogP contribution >= 0.6 is 0 Å². The second kappa shape index (κ2) is 7.90. The third-order valence-corrected chi connectivity index (χ3v) is 4.60. The summed E-state index contributed by atoms with van der Waals surface area (Å²) in [6.07, 6.45) is 9.87. The van der Waals surface area contributed by atoms with Crippen molar-refractivity contribution in [2.45, 2.75) is 19.4 Å². The maximum Gasteiger partial charge on any atom is 0.225 e. The molecule has 1 saturated heterocycles. The van der Waals surface area contributed by atoms with Crippen LogP contribution in [0.2, 0.25) is 0 Å². The van der Waals surface area contributed by atoms with Gasteiger partial charge in [-0.05, 0) is 24.5 Å². The minimum Gasteiger partial charge on any atom is -0.356 e. The molecule has 9 nitrogen and oxygen atoms in total. The first-order valence-electron chi connectivity index (χ1n) is 8.88. The quantitative estimate of drug-likeness (QED) is 0.720. The molecule has 0 spiro atoms. The summed E-state index contributed by atoms with van der Waals surface area (Å²) in [5.41, 5.74) is 0.992. The van der Waals surface area contributed by atoms with Crippen LogP contribution in [-0.4, -0.2) is 48.7 Å². The van der Waals surface area contributed by atoms with Crippen molar-refractivity contribution in [2.75, 3.05) is 18.0 Å². The first kappa shape index (κ1) is 17.1. The lowest BCUT2D eigenvalue weighted by Gasteiger charge is -2.32. The summed E-state index contributed by atoms with van der Waals surface area (Å²) in [4.78, 5) is 31.3. The number of piperidine rings is 1. The Morgan fingerprint density at radius 1 is 1.22 bits per heavy atom. The van der Waals surface area contributed by atoms with Crippen LogP contribution in [0.1, 0.15) is 18.4 Å². The van der Waals surface area contributed by atoms with Crippen molar-refractivity contribution < 1.29 is 4.79 Å². The number of nitrogens with zero attached hydrogens (tertiary/aromatic N) is 7. The predicted octanol–water partition coefficient (Wildman–Crippen LogP) is 0.985. The Balaban J connectivity index is 1.40. The van der Waals surface area contributed by atoms with E-state index >= 15 is 0 Å². The van der Waals surface area contributed by atoms with Gasteiger partial charge in [0.2, 0.25) is 5.91 Å². The van der Waals surface area contributed by atoms with Gasteiger partial charge in [0.15, 0.2) is 5.82 Å². The average Bonchev–Trinajstić information content (AvgIpc) is 3.28. The number of anilines is 1. The van der Waals surface area contributed by atoms with Crippen molar-refractivity contribution >= 4 is 11.7 Å². The van der Waals surface area contributed by atoms with Crippen LogP contribution in [0, 0.1) is 5.92 Å². The van der Waals surface area contributed by atoms with E-state index in [-0.39, 0.29) is 11.8 Å². The van der Waals surface area contributed by atoms with Crippen molar-refractivity contribution in [3.8, 4) is 5.82 Å². The van der Waals surface area contributed by atoms with E-state index in [0.717, 1.165) is 30.8 Å².